The molecule has 1 aliphatic carbocycles. The van der Waals surface area contributed by atoms with Gasteiger partial charge in [-0.3, -0.25) is 9.69 Å². The quantitative estimate of drug-likeness (QED) is 0.521. The molecule has 35 heavy (non-hydrogen) atoms. The molecule has 2 aliphatic heterocycles. The number of aryl methyl sites for hydroxylation is 3. The van der Waals surface area contributed by atoms with Gasteiger partial charge in [0.1, 0.15) is 17.0 Å². The largest absolute Gasteiger partial charge is 0.352 e. The second-order valence-electron chi connectivity index (χ2n) is 9.97. The first-order chi connectivity index (χ1) is 17.2. The van der Waals surface area contributed by atoms with Gasteiger partial charge in [0, 0.05) is 37.1 Å². The molecule has 6 rings (SSSR count). The third-order valence-electron chi connectivity index (χ3n) is 7.73. The molecular weight excluding hydrogens is 460 g/mol. The molecule has 0 saturated carbocycles. The number of thiophene rings is 1. The lowest BCUT2D eigenvalue weighted by atomic mass is 10.0. The summed E-state index contributed by atoms with van der Waals surface area (Å²) < 4.78 is 0. The molecule has 0 N–H and O–H groups in total. The van der Waals surface area contributed by atoms with Crippen molar-refractivity contribution in [3.05, 3.63) is 28.7 Å². The summed E-state index contributed by atoms with van der Waals surface area (Å²) in [4.78, 5) is 33.3. The van der Waals surface area contributed by atoms with E-state index in [2.05, 4.69) is 32.8 Å². The zero-order valence-corrected chi connectivity index (χ0v) is 21.3. The van der Waals surface area contributed by atoms with E-state index in [0.717, 1.165) is 87.4 Å². The van der Waals surface area contributed by atoms with Crippen molar-refractivity contribution in [2.24, 2.45) is 0 Å². The van der Waals surface area contributed by atoms with E-state index < -0.39 is 0 Å². The Kier molecular flexibility index (Phi) is 6.40. The van der Waals surface area contributed by atoms with Gasteiger partial charge in [-0.05, 0) is 57.6 Å². The third-order valence-corrected chi connectivity index (χ3v) is 8.92. The molecule has 0 radical (unpaired) electrons. The highest BCUT2D eigenvalue weighted by Gasteiger charge is 2.31. The van der Waals surface area contributed by atoms with Crippen molar-refractivity contribution >= 4 is 33.3 Å². The summed E-state index contributed by atoms with van der Waals surface area (Å²) in [5.74, 6) is 1.24. The fraction of sp³-hybridized carbons (Fsp3) is 0.640. The Hall–Kier alpha value is -2.59. The van der Waals surface area contributed by atoms with E-state index in [0.29, 0.717) is 12.6 Å². The number of rotatable bonds is 6. The normalized spacial score (nSPS) is 21.1. The van der Waals surface area contributed by atoms with E-state index >= 15 is 0 Å². The number of fused-ring (bicyclic) bond motifs is 2. The summed E-state index contributed by atoms with van der Waals surface area (Å²) in [6.07, 6.45) is 9.48. The van der Waals surface area contributed by atoms with Gasteiger partial charge in [-0.1, -0.05) is 6.92 Å². The van der Waals surface area contributed by atoms with E-state index in [1.165, 1.54) is 29.1 Å². The number of aromatic nitrogens is 5. The number of anilines is 1. The van der Waals surface area contributed by atoms with Crippen LogP contribution in [0.4, 0.5) is 5.82 Å². The summed E-state index contributed by atoms with van der Waals surface area (Å²) >= 11 is 1.75. The maximum Gasteiger partial charge on any atom is 0.236 e. The monoisotopic (exact) mass is 494 g/mol. The fourth-order valence-corrected chi connectivity index (χ4v) is 6.66. The number of nitrogens with zero attached hydrogens (tertiary/aromatic N) is 8. The lowest BCUT2D eigenvalue weighted by Gasteiger charge is -2.36. The molecule has 0 unspecified atom stereocenters. The van der Waals surface area contributed by atoms with Crippen molar-refractivity contribution in [3.63, 3.8) is 0 Å². The van der Waals surface area contributed by atoms with E-state index in [-0.39, 0.29) is 5.91 Å². The third kappa shape index (κ3) is 4.65. The predicted octanol–water partition coefficient (Wildman–Crippen LogP) is 2.54. The number of likely N-dealkylation sites (tertiary alicyclic amines) is 1. The van der Waals surface area contributed by atoms with Crippen LogP contribution in [0.5, 0.6) is 0 Å². The van der Waals surface area contributed by atoms with Crippen LogP contribution >= 0.6 is 11.3 Å². The van der Waals surface area contributed by atoms with Crippen LogP contribution in [0.1, 0.15) is 48.9 Å². The molecule has 1 amide bonds. The van der Waals surface area contributed by atoms with Crippen molar-refractivity contribution in [1.82, 2.24) is 34.8 Å². The van der Waals surface area contributed by atoms with Crippen LogP contribution in [0, 0.1) is 0 Å². The molecule has 186 valence electrons. The van der Waals surface area contributed by atoms with E-state index in [1.807, 2.05) is 9.70 Å². The second-order valence-corrected chi connectivity index (χ2v) is 11.1. The molecule has 2 saturated heterocycles. The summed E-state index contributed by atoms with van der Waals surface area (Å²) in [6, 6.07) is 2.57. The SMILES string of the molecule is CCc1cc2c(N3CCN(C(=O)CN4CCC[C@@H]4Cn4nc5c(n4)CCCC5)CC3)ncnc2s1. The lowest BCUT2D eigenvalue weighted by molar-refractivity contribution is -0.133. The first-order valence-electron chi connectivity index (χ1n) is 13.1. The van der Waals surface area contributed by atoms with Gasteiger partial charge in [0.2, 0.25) is 5.91 Å². The fourth-order valence-electron chi connectivity index (χ4n) is 5.73. The van der Waals surface area contributed by atoms with Gasteiger partial charge in [0.25, 0.3) is 0 Å². The molecule has 0 aromatic carbocycles. The average Bonchev–Trinajstić information content (AvgIpc) is 3.62. The van der Waals surface area contributed by atoms with E-state index in [4.69, 9.17) is 10.2 Å². The Bertz CT molecular complexity index is 1170. The first-order valence-corrected chi connectivity index (χ1v) is 13.9. The molecule has 5 heterocycles. The number of hydrogen-bond acceptors (Lipinski definition) is 8. The molecule has 10 heteroatoms. The maximum atomic E-state index is 13.2. The molecule has 3 aromatic heterocycles. The molecule has 3 aliphatic rings. The Morgan fingerprint density at radius 2 is 1.80 bits per heavy atom. The minimum Gasteiger partial charge on any atom is -0.352 e. The van der Waals surface area contributed by atoms with Crippen molar-refractivity contribution in [3.8, 4) is 0 Å². The van der Waals surface area contributed by atoms with Crippen molar-refractivity contribution < 1.29 is 4.79 Å². The molecule has 9 nitrogen and oxygen atoms in total. The molecule has 1 atom stereocenters. The Morgan fingerprint density at radius 1 is 1.03 bits per heavy atom. The highest BCUT2D eigenvalue weighted by molar-refractivity contribution is 7.18. The zero-order valence-electron chi connectivity index (χ0n) is 20.5. The topological polar surface area (TPSA) is 83.3 Å². The number of piperazine rings is 1. The van der Waals surface area contributed by atoms with Crippen molar-refractivity contribution in [1.29, 1.82) is 0 Å². The number of carbonyl (C=O) groups is 1. The number of carbonyl (C=O) groups excluding carboxylic acids is 1. The van der Waals surface area contributed by atoms with Crippen LogP contribution in [0.25, 0.3) is 10.2 Å². The first kappa shape index (κ1) is 22.8. The van der Waals surface area contributed by atoms with Crippen LogP contribution in [-0.2, 0) is 30.6 Å². The highest BCUT2D eigenvalue weighted by atomic mass is 32.1. The standard InChI is InChI=1S/C25H34N8OS/c1-2-19-14-20-24(26-17-27-25(20)35-19)31-12-10-30(11-13-31)23(34)16-32-9-5-6-18(32)15-33-28-21-7-3-4-8-22(21)29-33/h14,17-18H,2-13,15-16H2,1H3/t18-/m1/s1. The van der Waals surface area contributed by atoms with Crippen LogP contribution < -0.4 is 4.90 Å². The van der Waals surface area contributed by atoms with Gasteiger partial charge >= 0.3 is 0 Å². The van der Waals surface area contributed by atoms with Crippen LogP contribution in [0.3, 0.4) is 0 Å². The lowest BCUT2D eigenvalue weighted by Crippen LogP contribution is -2.52. The minimum atomic E-state index is 0.237. The van der Waals surface area contributed by atoms with Crippen molar-refractivity contribution in [2.45, 2.75) is 64.5 Å². The summed E-state index contributed by atoms with van der Waals surface area (Å²) in [6.45, 7) is 7.52. The molecule has 0 spiro atoms. The summed E-state index contributed by atoms with van der Waals surface area (Å²) in [5, 5.41) is 10.6. The summed E-state index contributed by atoms with van der Waals surface area (Å²) in [5.41, 5.74) is 2.37. The van der Waals surface area contributed by atoms with Gasteiger partial charge in [-0.25, -0.2) is 9.97 Å². The highest BCUT2D eigenvalue weighted by Crippen LogP contribution is 2.31. The van der Waals surface area contributed by atoms with E-state index in [9.17, 15) is 4.79 Å². The zero-order chi connectivity index (χ0) is 23.8. The molecule has 2 fully saturated rings. The molecule has 3 aromatic rings. The van der Waals surface area contributed by atoms with Crippen LogP contribution in [0.15, 0.2) is 12.4 Å². The second kappa shape index (κ2) is 9.81. The minimum absolute atomic E-state index is 0.237. The maximum absolute atomic E-state index is 13.2. The van der Waals surface area contributed by atoms with Crippen LogP contribution in [-0.4, -0.2) is 86.0 Å². The van der Waals surface area contributed by atoms with Gasteiger partial charge in [0.05, 0.1) is 29.9 Å². The predicted molar refractivity (Wildman–Crippen MR) is 137 cm³/mol. The Balaban J connectivity index is 1.05. The smallest absolute Gasteiger partial charge is 0.236 e. The van der Waals surface area contributed by atoms with Gasteiger partial charge in [-0.15, -0.1) is 11.3 Å². The van der Waals surface area contributed by atoms with E-state index in [1.54, 1.807) is 17.7 Å². The number of amides is 1. The Morgan fingerprint density at radius 3 is 2.54 bits per heavy atom. The summed E-state index contributed by atoms with van der Waals surface area (Å²) in [7, 11) is 0. The number of hydrogen-bond donors (Lipinski definition) is 0. The van der Waals surface area contributed by atoms with Gasteiger partial charge in [0.15, 0.2) is 0 Å². The van der Waals surface area contributed by atoms with Crippen LogP contribution in [0.2, 0.25) is 0 Å². The van der Waals surface area contributed by atoms with Gasteiger partial charge in [-0.2, -0.15) is 15.0 Å². The average molecular weight is 495 g/mol. The molecular formula is C25H34N8OS. The Labute approximate surface area is 210 Å². The molecule has 0 bridgehead atoms. The van der Waals surface area contributed by atoms with Gasteiger partial charge < -0.3 is 9.80 Å². The van der Waals surface area contributed by atoms with Crippen molar-refractivity contribution in [2.75, 3.05) is 44.2 Å².